The molecule has 6 heteroatoms. The third-order valence-electron chi connectivity index (χ3n) is 4.50. The van der Waals surface area contributed by atoms with Crippen molar-refractivity contribution < 1.29 is 0 Å². The number of likely N-dealkylation sites (tertiary alicyclic amines) is 1. The van der Waals surface area contributed by atoms with Gasteiger partial charge in [-0.3, -0.25) is 14.6 Å². The van der Waals surface area contributed by atoms with Gasteiger partial charge in [0.2, 0.25) is 0 Å². The summed E-state index contributed by atoms with van der Waals surface area (Å²) in [6.45, 7) is 9.88. The third kappa shape index (κ3) is 5.86. The molecule has 23 heavy (non-hydrogen) atoms. The molecular weight excluding hydrogens is 288 g/mol. The lowest BCUT2D eigenvalue weighted by molar-refractivity contribution is 0.192. The molecule has 6 nitrogen and oxygen atoms in total. The molecule has 130 valence electrons. The molecule has 0 aromatic carbocycles. The van der Waals surface area contributed by atoms with Crippen molar-refractivity contribution in [2.45, 2.75) is 45.7 Å². The van der Waals surface area contributed by atoms with Crippen LogP contribution in [0.4, 0.5) is 0 Å². The van der Waals surface area contributed by atoms with Gasteiger partial charge in [-0.25, -0.2) is 0 Å². The Bertz CT molecular complexity index is 448. The van der Waals surface area contributed by atoms with E-state index in [9.17, 15) is 0 Å². The first-order chi connectivity index (χ1) is 11.2. The van der Waals surface area contributed by atoms with Crippen LogP contribution in [-0.4, -0.2) is 59.9 Å². The fraction of sp³-hybridized carbons (Fsp3) is 0.765. The van der Waals surface area contributed by atoms with Crippen molar-refractivity contribution in [2.75, 3.05) is 33.2 Å². The van der Waals surface area contributed by atoms with Gasteiger partial charge in [0.1, 0.15) is 0 Å². The van der Waals surface area contributed by atoms with E-state index in [0.29, 0.717) is 12.0 Å². The van der Waals surface area contributed by atoms with Crippen molar-refractivity contribution in [3.63, 3.8) is 0 Å². The molecule has 1 aliphatic rings. The van der Waals surface area contributed by atoms with Gasteiger partial charge in [-0.05, 0) is 44.3 Å². The second-order valence-electron chi connectivity index (χ2n) is 6.56. The maximum atomic E-state index is 4.33. The van der Waals surface area contributed by atoms with E-state index in [-0.39, 0.29) is 0 Å². The summed E-state index contributed by atoms with van der Waals surface area (Å²) in [5.74, 6) is 1.55. The second-order valence-corrected chi connectivity index (χ2v) is 6.56. The molecule has 0 aliphatic carbocycles. The molecule has 1 saturated heterocycles. The van der Waals surface area contributed by atoms with Gasteiger partial charge in [0.05, 0.1) is 0 Å². The van der Waals surface area contributed by atoms with Crippen LogP contribution in [-0.2, 0) is 6.54 Å². The Morgan fingerprint density at radius 1 is 1.26 bits per heavy atom. The number of aliphatic imine (C=N–C) groups is 1. The van der Waals surface area contributed by atoms with E-state index in [1.807, 2.05) is 30.2 Å². The predicted octanol–water partition coefficient (Wildman–Crippen LogP) is 1.56. The number of aromatic nitrogens is 2. The average molecular weight is 320 g/mol. The first-order valence-electron chi connectivity index (χ1n) is 8.86. The lowest BCUT2D eigenvalue weighted by Gasteiger charge is -2.31. The summed E-state index contributed by atoms with van der Waals surface area (Å²) in [5, 5.41) is 11.1. The first-order valence-corrected chi connectivity index (χ1v) is 8.86. The van der Waals surface area contributed by atoms with Crippen molar-refractivity contribution >= 4 is 5.96 Å². The van der Waals surface area contributed by atoms with Gasteiger partial charge in [-0.2, -0.15) is 5.10 Å². The molecule has 1 fully saturated rings. The second kappa shape index (κ2) is 9.55. The molecule has 2 rings (SSSR count). The van der Waals surface area contributed by atoms with Crippen LogP contribution in [0.3, 0.4) is 0 Å². The van der Waals surface area contributed by atoms with E-state index in [4.69, 9.17) is 0 Å². The Morgan fingerprint density at radius 2 is 2.04 bits per heavy atom. The Balaban J connectivity index is 1.68. The van der Waals surface area contributed by atoms with Gasteiger partial charge >= 0.3 is 0 Å². The lowest BCUT2D eigenvalue weighted by Crippen LogP contribution is -2.48. The van der Waals surface area contributed by atoms with E-state index in [0.717, 1.165) is 32.0 Å². The summed E-state index contributed by atoms with van der Waals surface area (Å²) in [7, 11) is 1.84. The maximum Gasteiger partial charge on any atom is 0.191 e. The summed E-state index contributed by atoms with van der Waals surface area (Å²) in [5.41, 5.74) is 0. The van der Waals surface area contributed by atoms with Crippen LogP contribution in [0.5, 0.6) is 0 Å². The van der Waals surface area contributed by atoms with Crippen molar-refractivity contribution in [3.8, 4) is 0 Å². The minimum absolute atomic E-state index is 0.583. The smallest absolute Gasteiger partial charge is 0.191 e. The number of nitrogens with one attached hydrogen (secondary N) is 2. The zero-order valence-electron chi connectivity index (χ0n) is 14.8. The van der Waals surface area contributed by atoms with Gasteiger partial charge in [0, 0.05) is 45.1 Å². The average Bonchev–Trinajstić information content (AvgIpc) is 3.22. The molecule has 2 N–H and O–H groups in total. The number of nitrogens with zero attached hydrogens (tertiary/aromatic N) is 4. The Morgan fingerprint density at radius 3 is 2.65 bits per heavy atom. The molecule has 0 radical (unpaired) electrons. The number of hydrogen-bond donors (Lipinski definition) is 2. The standard InChI is InChI=1S/C17H32N6/c1-15(2)16(22-10-4-5-11-22)14-20-17(18-3)19-8-6-12-23-13-7-9-21-23/h7,9,13,15-16H,4-6,8,10-12,14H2,1-3H3,(H2,18,19,20). The molecule has 1 atom stereocenters. The van der Waals surface area contributed by atoms with Crippen molar-refractivity contribution in [2.24, 2.45) is 10.9 Å². The molecule has 0 amide bonds. The normalized spacial score (nSPS) is 17.7. The molecule has 0 saturated carbocycles. The Labute approximate surface area is 140 Å². The minimum atomic E-state index is 0.583. The largest absolute Gasteiger partial charge is 0.356 e. The molecular formula is C17H32N6. The maximum absolute atomic E-state index is 4.33. The van der Waals surface area contributed by atoms with Crippen LogP contribution in [0.25, 0.3) is 0 Å². The summed E-state index contributed by atoms with van der Waals surface area (Å²) in [6.07, 6.45) is 7.52. The van der Waals surface area contributed by atoms with Gasteiger partial charge in [-0.1, -0.05) is 13.8 Å². The molecule has 0 spiro atoms. The highest BCUT2D eigenvalue weighted by atomic mass is 15.3. The number of aryl methyl sites for hydroxylation is 1. The summed E-state index contributed by atoms with van der Waals surface area (Å²) < 4.78 is 1.96. The fourth-order valence-corrected chi connectivity index (χ4v) is 3.16. The van der Waals surface area contributed by atoms with E-state index in [2.05, 4.69) is 39.5 Å². The number of hydrogen-bond acceptors (Lipinski definition) is 3. The highest BCUT2D eigenvalue weighted by molar-refractivity contribution is 5.79. The summed E-state index contributed by atoms with van der Waals surface area (Å²) in [6, 6.07) is 2.54. The lowest BCUT2D eigenvalue weighted by atomic mass is 10.0. The van der Waals surface area contributed by atoms with Crippen LogP contribution < -0.4 is 10.6 Å². The zero-order chi connectivity index (χ0) is 16.5. The fourth-order valence-electron chi connectivity index (χ4n) is 3.16. The van der Waals surface area contributed by atoms with Crippen molar-refractivity contribution in [3.05, 3.63) is 18.5 Å². The predicted molar refractivity (Wildman–Crippen MR) is 95.6 cm³/mol. The molecule has 1 aromatic rings. The third-order valence-corrected chi connectivity index (χ3v) is 4.50. The van der Waals surface area contributed by atoms with E-state index in [1.54, 1.807) is 0 Å². The monoisotopic (exact) mass is 320 g/mol. The van der Waals surface area contributed by atoms with E-state index < -0.39 is 0 Å². The topological polar surface area (TPSA) is 57.5 Å². The van der Waals surface area contributed by atoms with Crippen molar-refractivity contribution in [1.82, 2.24) is 25.3 Å². The minimum Gasteiger partial charge on any atom is -0.356 e. The SMILES string of the molecule is CN=C(NCCCn1cccn1)NCC(C(C)C)N1CCCC1. The number of guanidine groups is 1. The molecule has 1 aromatic heterocycles. The van der Waals surface area contributed by atoms with Crippen LogP contribution >= 0.6 is 0 Å². The van der Waals surface area contributed by atoms with Gasteiger partial charge in [0.15, 0.2) is 5.96 Å². The van der Waals surface area contributed by atoms with Crippen LogP contribution in [0, 0.1) is 5.92 Å². The zero-order valence-corrected chi connectivity index (χ0v) is 14.8. The van der Waals surface area contributed by atoms with Gasteiger partial charge < -0.3 is 10.6 Å². The highest BCUT2D eigenvalue weighted by Crippen LogP contribution is 2.16. The van der Waals surface area contributed by atoms with E-state index >= 15 is 0 Å². The Kier molecular flexibility index (Phi) is 7.39. The summed E-state index contributed by atoms with van der Waals surface area (Å²) in [4.78, 5) is 6.95. The molecule has 0 bridgehead atoms. The van der Waals surface area contributed by atoms with Gasteiger partial charge in [-0.15, -0.1) is 0 Å². The quantitative estimate of drug-likeness (QED) is 0.434. The van der Waals surface area contributed by atoms with E-state index in [1.165, 1.54) is 25.9 Å². The summed E-state index contributed by atoms with van der Waals surface area (Å²) >= 11 is 0. The van der Waals surface area contributed by atoms with Crippen molar-refractivity contribution in [1.29, 1.82) is 0 Å². The molecule has 1 aliphatic heterocycles. The number of rotatable bonds is 8. The highest BCUT2D eigenvalue weighted by Gasteiger charge is 2.24. The Hall–Kier alpha value is -1.56. The van der Waals surface area contributed by atoms with Crippen LogP contribution in [0.2, 0.25) is 0 Å². The van der Waals surface area contributed by atoms with Crippen LogP contribution in [0.15, 0.2) is 23.5 Å². The van der Waals surface area contributed by atoms with Crippen LogP contribution in [0.1, 0.15) is 33.1 Å². The molecule has 1 unspecified atom stereocenters. The molecule has 2 heterocycles. The van der Waals surface area contributed by atoms with Gasteiger partial charge in [0.25, 0.3) is 0 Å². The first kappa shape index (κ1) is 17.8.